The van der Waals surface area contributed by atoms with Crippen molar-refractivity contribution in [2.45, 2.75) is 32.6 Å². The van der Waals surface area contributed by atoms with Crippen molar-refractivity contribution in [2.24, 2.45) is 0 Å². The maximum Gasteiger partial charge on any atom is 0.121 e. The topological polar surface area (TPSA) is 64.1 Å². The quantitative estimate of drug-likeness (QED) is 0.870. The molecule has 4 heteroatoms. The molecule has 1 aromatic carbocycles. The Kier molecular flexibility index (Phi) is 3.55. The van der Waals surface area contributed by atoms with Gasteiger partial charge in [0.15, 0.2) is 0 Å². The van der Waals surface area contributed by atoms with E-state index in [2.05, 4.69) is 18.9 Å². The van der Waals surface area contributed by atoms with Crippen LogP contribution in [0.5, 0.6) is 5.75 Å². The van der Waals surface area contributed by atoms with Gasteiger partial charge in [-0.3, -0.25) is 0 Å². The van der Waals surface area contributed by atoms with Crippen LogP contribution < -0.4 is 5.73 Å². The first kappa shape index (κ1) is 12.5. The van der Waals surface area contributed by atoms with Crippen molar-refractivity contribution in [3.63, 3.8) is 0 Å². The van der Waals surface area contributed by atoms with Crippen LogP contribution in [0.25, 0.3) is 5.69 Å². The fourth-order valence-corrected chi connectivity index (χ4v) is 2.16. The molecule has 0 fully saturated rings. The molecule has 0 aliphatic carbocycles. The van der Waals surface area contributed by atoms with Gasteiger partial charge in [-0.1, -0.05) is 26.3 Å². The second-order valence-electron chi connectivity index (χ2n) is 4.65. The lowest BCUT2D eigenvalue weighted by atomic mass is 9.95. The summed E-state index contributed by atoms with van der Waals surface area (Å²) in [5, 5.41) is 14.2. The van der Waals surface area contributed by atoms with Crippen LogP contribution in [0.15, 0.2) is 30.6 Å². The van der Waals surface area contributed by atoms with E-state index in [-0.39, 0.29) is 0 Å². The smallest absolute Gasteiger partial charge is 0.121 e. The largest absolute Gasteiger partial charge is 0.508 e. The van der Waals surface area contributed by atoms with E-state index in [1.165, 1.54) is 0 Å². The first-order chi connectivity index (χ1) is 8.61. The highest BCUT2D eigenvalue weighted by Crippen LogP contribution is 2.30. The third-order valence-electron chi connectivity index (χ3n) is 3.13. The summed E-state index contributed by atoms with van der Waals surface area (Å²) < 4.78 is 1.66. The first-order valence-corrected chi connectivity index (χ1v) is 6.25. The van der Waals surface area contributed by atoms with Crippen LogP contribution in [0.4, 0.5) is 5.69 Å². The lowest BCUT2D eigenvalue weighted by molar-refractivity contribution is 0.459. The fraction of sp³-hybridized carbons (Fsp3) is 0.357. The Morgan fingerprint density at radius 2 is 2.22 bits per heavy atom. The van der Waals surface area contributed by atoms with E-state index in [4.69, 9.17) is 5.73 Å². The Labute approximate surface area is 107 Å². The molecule has 2 aromatic rings. The summed E-state index contributed by atoms with van der Waals surface area (Å²) in [6.07, 6.45) is 5.49. The Hall–Kier alpha value is -1.97. The van der Waals surface area contributed by atoms with Crippen LogP contribution in [0, 0.1) is 0 Å². The Morgan fingerprint density at radius 3 is 2.78 bits per heavy atom. The molecule has 1 heterocycles. The third-order valence-corrected chi connectivity index (χ3v) is 3.13. The molecule has 1 atom stereocenters. The van der Waals surface area contributed by atoms with Crippen molar-refractivity contribution in [1.29, 1.82) is 0 Å². The van der Waals surface area contributed by atoms with Gasteiger partial charge < -0.3 is 10.8 Å². The number of aromatic hydroxyl groups is 1. The minimum Gasteiger partial charge on any atom is -0.508 e. The number of hydrogen-bond acceptors (Lipinski definition) is 3. The summed E-state index contributed by atoms with van der Waals surface area (Å²) >= 11 is 0. The minimum atomic E-state index is 0.322. The van der Waals surface area contributed by atoms with Gasteiger partial charge in [-0.25, -0.2) is 4.68 Å². The first-order valence-electron chi connectivity index (χ1n) is 6.25. The molecular weight excluding hydrogens is 226 g/mol. The van der Waals surface area contributed by atoms with Crippen molar-refractivity contribution in [3.8, 4) is 11.4 Å². The number of hydrogen-bond donors (Lipinski definition) is 2. The minimum absolute atomic E-state index is 0.322. The van der Waals surface area contributed by atoms with Crippen LogP contribution in [-0.4, -0.2) is 14.9 Å². The number of rotatable bonds is 4. The van der Waals surface area contributed by atoms with E-state index in [0.29, 0.717) is 17.4 Å². The lowest BCUT2D eigenvalue weighted by Gasteiger charge is -2.13. The van der Waals surface area contributed by atoms with E-state index < -0.39 is 0 Å². The van der Waals surface area contributed by atoms with E-state index in [1.807, 2.05) is 12.1 Å². The van der Waals surface area contributed by atoms with Crippen molar-refractivity contribution in [2.75, 3.05) is 5.73 Å². The number of aromatic nitrogens is 2. The summed E-state index contributed by atoms with van der Waals surface area (Å²) in [7, 11) is 0. The maximum atomic E-state index is 10.1. The van der Waals surface area contributed by atoms with Crippen LogP contribution in [0.2, 0.25) is 0 Å². The summed E-state index contributed by atoms with van der Waals surface area (Å²) in [4.78, 5) is 0. The molecule has 0 radical (unpaired) electrons. The summed E-state index contributed by atoms with van der Waals surface area (Å²) in [5.41, 5.74) is 8.04. The Bertz CT molecular complexity index is 534. The number of benzene rings is 1. The molecule has 2 rings (SSSR count). The summed E-state index contributed by atoms with van der Waals surface area (Å²) in [6, 6.07) is 5.64. The molecule has 0 aliphatic rings. The number of nitrogens with zero attached hydrogens (tertiary/aromatic N) is 2. The second-order valence-corrected chi connectivity index (χ2v) is 4.65. The highest BCUT2D eigenvalue weighted by Gasteiger charge is 2.11. The van der Waals surface area contributed by atoms with Gasteiger partial charge in [0.05, 0.1) is 23.8 Å². The van der Waals surface area contributed by atoms with Crippen LogP contribution in [-0.2, 0) is 0 Å². The van der Waals surface area contributed by atoms with Gasteiger partial charge >= 0.3 is 0 Å². The fourth-order valence-electron chi connectivity index (χ4n) is 2.16. The number of phenolic OH excluding ortho intramolecular Hbond substituents is 1. The molecule has 18 heavy (non-hydrogen) atoms. The van der Waals surface area contributed by atoms with Crippen molar-refractivity contribution in [3.05, 3.63) is 36.2 Å². The summed E-state index contributed by atoms with van der Waals surface area (Å²) in [5.74, 6) is 0.689. The van der Waals surface area contributed by atoms with Gasteiger partial charge in [0.2, 0.25) is 0 Å². The van der Waals surface area contributed by atoms with Gasteiger partial charge in [-0.15, -0.1) is 0 Å². The number of phenols is 1. The average Bonchev–Trinajstić information content (AvgIpc) is 2.76. The molecule has 3 N–H and O–H groups in total. The average molecular weight is 245 g/mol. The highest BCUT2D eigenvalue weighted by atomic mass is 16.3. The van der Waals surface area contributed by atoms with Crippen LogP contribution in [0.1, 0.15) is 38.2 Å². The van der Waals surface area contributed by atoms with E-state index >= 15 is 0 Å². The molecule has 0 amide bonds. The number of anilines is 1. The zero-order valence-electron chi connectivity index (χ0n) is 10.8. The highest BCUT2D eigenvalue weighted by molar-refractivity contribution is 5.46. The van der Waals surface area contributed by atoms with Crippen LogP contribution >= 0.6 is 0 Å². The monoisotopic (exact) mass is 245 g/mol. The molecule has 96 valence electrons. The molecule has 1 unspecified atom stereocenters. The van der Waals surface area contributed by atoms with Crippen molar-refractivity contribution >= 4 is 5.69 Å². The molecule has 0 bridgehead atoms. The van der Waals surface area contributed by atoms with Crippen LogP contribution in [0.3, 0.4) is 0 Å². The van der Waals surface area contributed by atoms with Gasteiger partial charge in [0, 0.05) is 6.07 Å². The van der Waals surface area contributed by atoms with Gasteiger partial charge in [0.1, 0.15) is 5.75 Å². The predicted octanol–water partition coefficient (Wildman–Crippen LogP) is 3.06. The predicted molar refractivity (Wildman–Crippen MR) is 73.0 cm³/mol. The normalized spacial score (nSPS) is 12.6. The zero-order chi connectivity index (χ0) is 13.1. The molecular formula is C14H19N3O. The van der Waals surface area contributed by atoms with Crippen molar-refractivity contribution < 1.29 is 5.11 Å². The Morgan fingerprint density at radius 1 is 1.44 bits per heavy atom. The molecule has 0 saturated carbocycles. The second kappa shape index (κ2) is 5.12. The molecule has 0 spiro atoms. The van der Waals surface area contributed by atoms with E-state index in [9.17, 15) is 5.11 Å². The SMILES string of the molecule is CCCC(C)c1ccc(-n2cc(N)cn2)cc1O. The zero-order valence-corrected chi connectivity index (χ0v) is 10.8. The maximum absolute atomic E-state index is 10.1. The van der Waals surface area contributed by atoms with Gasteiger partial charge in [-0.2, -0.15) is 5.10 Å². The molecule has 0 aliphatic heterocycles. The van der Waals surface area contributed by atoms with E-state index in [1.54, 1.807) is 23.1 Å². The standard InChI is InChI=1S/C14H19N3O/c1-3-4-10(2)13-6-5-12(7-14(13)18)17-9-11(15)8-16-17/h5-10,18H,3-4,15H2,1-2H3. The number of nitrogens with two attached hydrogens (primary N) is 1. The number of nitrogen functional groups attached to an aromatic ring is 1. The molecule has 4 nitrogen and oxygen atoms in total. The molecule has 0 saturated heterocycles. The van der Waals surface area contributed by atoms with Crippen molar-refractivity contribution in [1.82, 2.24) is 9.78 Å². The lowest BCUT2D eigenvalue weighted by Crippen LogP contribution is -1.98. The Balaban J connectivity index is 2.30. The third kappa shape index (κ3) is 2.47. The summed E-state index contributed by atoms with van der Waals surface area (Å²) in [6.45, 7) is 4.28. The van der Waals surface area contributed by atoms with Gasteiger partial charge in [0.25, 0.3) is 0 Å². The van der Waals surface area contributed by atoms with E-state index in [0.717, 1.165) is 24.1 Å². The molecule has 1 aromatic heterocycles. The van der Waals surface area contributed by atoms with Gasteiger partial charge in [-0.05, 0) is 24.0 Å².